The van der Waals surface area contributed by atoms with E-state index in [-0.39, 0.29) is 11.8 Å². The van der Waals surface area contributed by atoms with Gasteiger partial charge in [-0.3, -0.25) is 4.57 Å². The molecule has 4 heterocycles. The molecule has 2 unspecified atom stereocenters. The molecule has 0 spiro atoms. The minimum absolute atomic E-state index is 0.0211. The van der Waals surface area contributed by atoms with Gasteiger partial charge in [0.2, 0.25) is 0 Å². The molecule has 1 aliphatic heterocycles. The molecule has 0 amide bonds. The second kappa shape index (κ2) is 12.3. The standard InChI is InChI=1S/C55H37N3O/c1-2-36-51(45-22-13-21-42-40-19-9-12-25-50(40)59-54(42)45)43-20-7-10-23-46(43)56-55(36)58-48-31-27-33-14-3-5-16-37(33)52(48)44-30-28-35(32-49(44)58)57-47-24-11-8-18-39(47)41-29-26-34-15-4-6-17-38(34)53(41)57/h3-32,36,51H,2H2,1H3. The maximum absolute atomic E-state index is 6.77. The number of rotatable bonds is 3. The van der Waals surface area contributed by atoms with Gasteiger partial charge in [-0.1, -0.05) is 153 Å². The van der Waals surface area contributed by atoms with Crippen LogP contribution in [0.2, 0.25) is 0 Å². The van der Waals surface area contributed by atoms with Gasteiger partial charge in [-0.25, -0.2) is 4.99 Å². The minimum atomic E-state index is 0.0211. The molecule has 0 radical (unpaired) electrons. The van der Waals surface area contributed by atoms with Crippen molar-refractivity contribution < 1.29 is 4.42 Å². The molecule has 12 aromatic rings. The van der Waals surface area contributed by atoms with Crippen LogP contribution in [-0.2, 0) is 0 Å². The Labute approximate surface area is 339 Å². The lowest BCUT2D eigenvalue weighted by atomic mass is 9.75. The monoisotopic (exact) mass is 755 g/mol. The van der Waals surface area contributed by atoms with Crippen molar-refractivity contribution in [3.05, 3.63) is 193 Å². The summed E-state index contributed by atoms with van der Waals surface area (Å²) in [7, 11) is 0. The number of aromatic nitrogens is 2. The Kier molecular flexibility index (Phi) is 6.80. The zero-order valence-corrected chi connectivity index (χ0v) is 32.4. The summed E-state index contributed by atoms with van der Waals surface area (Å²) in [6.45, 7) is 2.32. The molecule has 9 aromatic carbocycles. The van der Waals surface area contributed by atoms with Gasteiger partial charge in [0.15, 0.2) is 0 Å². The Morgan fingerprint density at radius 1 is 0.492 bits per heavy atom. The van der Waals surface area contributed by atoms with E-state index in [1.165, 1.54) is 70.8 Å². The summed E-state index contributed by atoms with van der Waals surface area (Å²) in [5, 5.41) is 12.2. The molecular formula is C55H37N3O. The van der Waals surface area contributed by atoms with Crippen molar-refractivity contribution in [1.82, 2.24) is 9.13 Å². The highest BCUT2D eigenvalue weighted by atomic mass is 16.3. The number of benzene rings is 9. The van der Waals surface area contributed by atoms with Crippen LogP contribution in [0.4, 0.5) is 5.69 Å². The molecule has 2 atom stereocenters. The van der Waals surface area contributed by atoms with E-state index in [4.69, 9.17) is 9.41 Å². The molecule has 0 fully saturated rings. The summed E-state index contributed by atoms with van der Waals surface area (Å²) in [6, 6.07) is 66.4. The first-order chi connectivity index (χ1) is 29.2. The van der Waals surface area contributed by atoms with E-state index in [0.29, 0.717) is 0 Å². The molecule has 278 valence electrons. The molecule has 1 aliphatic rings. The van der Waals surface area contributed by atoms with Crippen molar-refractivity contribution in [2.75, 3.05) is 0 Å². The van der Waals surface area contributed by atoms with Gasteiger partial charge >= 0.3 is 0 Å². The highest BCUT2D eigenvalue weighted by molar-refractivity contribution is 6.25. The van der Waals surface area contributed by atoms with Crippen molar-refractivity contribution in [2.24, 2.45) is 10.9 Å². The highest BCUT2D eigenvalue weighted by Gasteiger charge is 2.37. The van der Waals surface area contributed by atoms with E-state index in [9.17, 15) is 0 Å². The van der Waals surface area contributed by atoms with E-state index >= 15 is 0 Å². The van der Waals surface area contributed by atoms with Gasteiger partial charge in [-0.2, -0.15) is 0 Å². The summed E-state index contributed by atoms with van der Waals surface area (Å²) < 4.78 is 11.7. The van der Waals surface area contributed by atoms with E-state index < -0.39 is 0 Å². The Hall–Kier alpha value is -7.43. The summed E-state index contributed by atoms with van der Waals surface area (Å²) in [5.74, 6) is 1.13. The third-order valence-corrected chi connectivity index (χ3v) is 13.1. The highest BCUT2D eigenvalue weighted by Crippen LogP contribution is 2.49. The van der Waals surface area contributed by atoms with Crippen LogP contribution in [-0.4, -0.2) is 15.0 Å². The molecule has 13 rings (SSSR count). The van der Waals surface area contributed by atoms with Gasteiger partial charge in [-0.05, 0) is 64.5 Å². The van der Waals surface area contributed by atoms with Gasteiger partial charge in [0.05, 0.1) is 27.8 Å². The van der Waals surface area contributed by atoms with E-state index in [1.54, 1.807) is 0 Å². The zero-order valence-electron chi connectivity index (χ0n) is 32.4. The zero-order chi connectivity index (χ0) is 38.8. The SMILES string of the molecule is CCC1C(n2c3cc(-n4c5ccccc5c5ccc6ccccc6c54)ccc3c3c4ccccc4ccc32)=Nc2ccccc2C1c1cccc2c1oc1ccccc12. The van der Waals surface area contributed by atoms with Gasteiger partial charge in [0.25, 0.3) is 0 Å². The van der Waals surface area contributed by atoms with Crippen LogP contribution in [0.25, 0.3) is 92.8 Å². The number of aliphatic imine (C=N–C) groups is 1. The summed E-state index contributed by atoms with van der Waals surface area (Å²) >= 11 is 0. The summed E-state index contributed by atoms with van der Waals surface area (Å²) in [6.07, 6.45) is 0.891. The first-order valence-electron chi connectivity index (χ1n) is 20.7. The normalized spacial score (nSPS) is 15.7. The molecule has 0 saturated heterocycles. The molecule has 0 saturated carbocycles. The lowest BCUT2D eigenvalue weighted by molar-refractivity contribution is 0.558. The Morgan fingerprint density at radius 2 is 1.17 bits per heavy atom. The van der Waals surface area contributed by atoms with Crippen molar-refractivity contribution in [3.8, 4) is 5.69 Å². The fourth-order valence-electron chi connectivity index (χ4n) is 10.6. The molecule has 0 bridgehead atoms. The predicted molar refractivity (Wildman–Crippen MR) is 247 cm³/mol. The number of hydrogen-bond donors (Lipinski definition) is 0. The van der Waals surface area contributed by atoms with Crippen molar-refractivity contribution in [3.63, 3.8) is 0 Å². The smallest absolute Gasteiger partial charge is 0.139 e. The average molecular weight is 756 g/mol. The molecule has 3 aromatic heterocycles. The van der Waals surface area contributed by atoms with Crippen LogP contribution >= 0.6 is 0 Å². The molecule has 4 nitrogen and oxygen atoms in total. The molecular weight excluding hydrogens is 719 g/mol. The Morgan fingerprint density at radius 3 is 2.05 bits per heavy atom. The van der Waals surface area contributed by atoms with Crippen LogP contribution < -0.4 is 0 Å². The molecule has 59 heavy (non-hydrogen) atoms. The molecule has 0 aliphatic carbocycles. The van der Waals surface area contributed by atoms with Gasteiger partial charge in [-0.15, -0.1) is 0 Å². The summed E-state index contributed by atoms with van der Waals surface area (Å²) in [5.41, 5.74) is 11.2. The van der Waals surface area contributed by atoms with Crippen molar-refractivity contribution in [1.29, 1.82) is 0 Å². The van der Waals surface area contributed by atoms with Crippen LogP contribution in [0, 0.1) is 5.92 Å². The quantitative estimate of drug-likeness (QED) is 0.177. The third-order valence-electron chi connectivity index (χ3n) is 13.1. The molecule has 4 heteroatoms. The van der Waals surface area contributed by atoms with Crippen LogP contribution in [0.3, 0.4) is 0 Å². The van der Waals surface area contributed by atoms with E-state index in [0.717, 1.165) is 51.1 Å². The molecule has 0 N–H and O–H groups in total. The summed E-state index contributed by atoms with van der Waals surface area (Å²) in [4.78, 5) is 5.69. The number of para-hydroxylation sites is 4. The fourth-order valence-corrected chi connectivity index (χ4v) is 10.6. The maximum Gasteiger partial charge on any atom is 0.139 e. The second-order valence-corrected chi connectivity index (χ2v) is 16.1. The van der Waals surface area contributed by atoms with Crippen molar-refractivity contribution in [2.45, 2.75) is 19.3 Å². The van der Waals surface area contributed by atoms with Crippen molar-refractivity contribution >= 4 is 98.6 Å². The van der Waals surface area contributed by atoms with Crippen LogP contribution in [0.5, 0.6) is 0 Å². The van der Waals surface area contributed by atoms with E-state index in [2.05, 4.69) is 198 Å². The fraction of sp³-hybridized carbons (Fsp3) is 0.0727. The predicted octanol–water partition coefficient (Wildman–Crippen LogP) is 14.8. The largest absolute Gasteiger partial charge is 0.456 e. The van der Waals surface area contributed by atoms with Gasteiger partial charge in [0.1, 0.15) is 17.0 Å². The van der Waals surface area contributed by atoms with Gasteiger partial charge in [0, 0.05) is 60.8 Å². The average Bonchev–Trinajstić information content (AvgIpc) is 3.96. The number of nitrogens with zero attached hydrogens (tertiary/aromatic N) is 3. The first kappa shape index (κ1) is 32.6. The minimum Gasteiger partial charge on any atom is -0.456 e. The number of hydrogen-bond acceptors (Lipinski definition) is 2. The second-order valence-electron chi connectivity index (χ2n) is 16.1. The van der Waals surface area contributed by atoms with E-state index in [1.807, 2.05) is 0 Å². The lowest BCUT2D eigenvalue weighted by Crippen LogP contribution is -2.31. The third kappa shape index (κ3) is 4.51. The maximum atomic E-state index is 6.77. The topological polar surface area (TPSA) is 35.4 Å². The number of furan rings is 1. The van der Waals surface area contributed by atoms with Crippen LogP contribution in [0.15, 0.2) is 191 Å². The lowest BCUT2D eigenvalue weighted by Gasteiger charge is -2.34. The number of fused-ring (bicyclic) bond motifs is 14. The Balaban J connectivity index is 1.13. The van der Waals surface area contributed by atoms with Gasteiger partial charge < -0.3 is 8.98 Å². The Bertz CT molecular complexity index is 3750. The first-order valence-corrected chi connectivity index (χ1v) is 20.7. The van der Waals surface area contributed by atoms with Crippen LogP contribution in [0.1, 0.15) is 30.4 Å².